The van der Waals surface area contributed by atoms with Crippen LogP contribution in [0.3, 0.4) is 0 Å². The minimum Gasteiger partial charge on any atom is -0.497 e. The molecule has 0 saturated carbocycles. The standard InChI is InChI=1S/C16H16FNO3/c1-20-14-9-3-11(4-10-14)15(16(19)21-2)18-13-7-5-12(17)6-8-13/h3-10,15,18H,1-2H3. The molecule has 0 bridgehead atoms. The summed E-state index contributed by atoms with van der Waals surface area (Å²) >= 11 is 0. The topological polar surface area (TPSA) is 47.6 Å². The second-order valence-electron chi connectivity index (χ2n) is 4.38. The van der Waals surface area contributed by atoms with Crippen LogP contribution in [0.15, 0.2) is 48.5 Å². The summed E-state index contributed by atoms with van der Waals surface area (Å²) in [6.07, 6.45) is 0. The number of hydrogen-bond donors (Lipinski definition) is 1. The van der Waals surface area contributed by atoms with E-state index in [9.17, 15) is 9.18 Å². The average molecular weight is 289 g/mol. The van der Waals surface area contributed by atoms with Gasteiger partial charge in [-0.3, -0.25) is 0 Å². The van der Waals surface area contributed by atoms with Crippen LogP contribution in [-0.4, -0.2) is 20.2 Å². The molecule has 0 aromatic heterocycles. The number of methoxy groups -OCH3 is 2. The highest BCUT2D eigenvalue weighted by atomic mass is 19.1. The van der Waals surface area contributed by atoms with E-state index in [1.807, 2.05) is 0 Å². The van der Waals surface area contributed by atoms with Crippen molar-refractivity contribution in [3.8, 4) is 5.75 Å². The third kappa shape index (κ3) is 3.72. The molecule has 0 amide bonds. The van der Waals surface area contributed by atoms with Crippen molar-refractivity contribution in [2.45, 2.75) is 6.04 Å². The average Bonchev–Trinajstić information content (AvgIpc) is 2.54. The molecule has 2 rings (SSSR count). The first-order chi connectivity index (χ1) is 10.1. The van der Waals surface area contributed by atoms with E-state index < -0.39 is 12.0 Å². The molecule has 0 aliphatic rings. The second-order valence-corrected chi connectivity index (χ2v) is 4.38. The maximum Gasteiger partial charge on any atom is 0.332 e. The van der Waals surface area contributed by atoms with Crippen LogP contribution >= 0.6 is 0 Å². The summed E-state index contributed by atoms with van der Waals surface area (Å²) in [6, 6.07) is 12.2. The molecular formula is C16H16FNO3. The van der Waals surface area contributed by atoms with Crippen LogP contribution < -0.4 is 10.1 Å². The highest BCUT2D eigenvalue weighted by molar-refractivity contribution is 5.81. The van der Waals surface area contributed by atoms with Crippen LogP contribution in [0.1, 0.15) is 11.6 Å². The number of hydrogen-bond acceptors (Lipinski definition) is 4. The number of carbonyl (C=O) groups is 1. The Morgan fingerprint density at radius 2 is 1.67 bits per heavy atom. The molecule has 110 valence electrons. The Balaban J connectivity index is 2.25. The Kier molecular flexibility index (Phi) is 4.77. The van der Waals surface area contributed by atoms with Gasteiger partial charge >= 0.3 is 5.97 Å². The van der Waals surface area contributed by atoms with Crippen LogP contribution in [0.4, 0.5) is 10.1 Å². The third-order valence-electron chi connectivity index (χ3n) is 3.04. The lowest BCUT2D eigenvalue weighted by Gasteiger charge is -2.18. The molecule has 0 fully saturated rings. The summed E-state index contributed by atoms with van der Waals surface area (Å²) in [7, 11) is 2.90. The van der Waals surface area contributed by atoms with Gasteiger partial charge in [0.2, 0.25) is 0 Å². The number of nitrogens with one attached hydrogen (secondary N) is 1. The second kappa shape index (κ2) is 6.74. The van der Waals surface area contributed by atoms with Gasteiger partial charge in [0.1, 0.15) is 11.6 Å². The summed E-state index contributed by atoms with van der Waals surface area (Å²) in [5, 5.41) is 3.03. The fourth-order valence-corrected chi connectivity index (χ4v) is 1.91. The lowest BCUT2D eigenvalue weighted by Crippen LogP contribution is -2.22. The molecule has 1 N–H and O–H groups in total. The van der Waals surface area contributed by atoms with E-state index in [2.05, 4.69) is 5.32 Å². The summed E-state index contributed by atoms with van der Waals surface area (Å²) in [5.74, 6) is -0.0618. The third-order valence-corrected chi connectivity index (χ3v) is 3.04. The molecule has 0 saturated heterocycles. The highest BCUT2D eigenvalue weighted by Crippen LogP contribution is 2.23. The van der Waals surface area contributed by atoms with Gasteiger partial charge in [-0.1, -0.05) is 12.1 Å². The maximum absolute atomic E-state index is 12.9. The highest BCUT2D eigenvalue weighted by Gasteiger charge is 2.21. The van der Waals surface area contributed by atoms with Crippen molar-refractivity contribution < 1.29 is 18.7 Å². The maximum atomic E-state index is 12.9. The fraction of sp³-hybridized carbons (Fsp3) is 0.188. The molecule has 4 nitrogen and oxygen atoms in total. The van der Waals surface area contributed by atoms with Gasteiger partial charge < -0.3 is 14.8 Å². The number of anilines is 1. The van der Waals surface area contributed by atoms with Crippen molar-refractivity contribution in [1.29, 1.82) is 0 Å². The predicted molar refractivity (Wildman–Crippen MR) is 77.8 cm³/mol. The van der Waals surface area contributed by atoms with Gasteiger partial charge in [-0.25, -0.2) is 9.18 Å². The van der Waals surface area contributed by atoms with E-state index in [4.69, 9.17) is 9.47 Å². The number of ether oxygens (including phenoxy) is 2. The molecule has 1 unspecified atom stereocenters. The molecule has 0 heterocycles. The van der Waals surface area contributed by atoms with Crippen molar-refractivity contribution in [3.05, 3.63) is 59.9 Å². The summed E-state index contributed by atoms with van der Waals surface area (Å²) in [5.41, 5.74) is 1.36. The number of halogens is 1. The number of carbonyl (C=O) groups excluding carboxylic acids is 1. The van der Waals surface area contributed by atoms with E-state index in [-0.39, 0.29) is 5.82 Å². The van der Waals surface area contributed by atoms with Crippen molar-refractivity contribution in [2.24, 2.45) is 0 Å². The smallest absolute Gasteiger partial charge is 0.332 e. The summed E-state index contributed by atoms with van der Waals surface area (Å²) < 4.78 is 22.8. The van der Waals surface area contributed by atoms with Gasteiger partial charge in [0.25, 0.3) is 0 Å². The number of rotatable bonds is 5. The normalized spacial score (nSPS) is 11.6. The van der Waals surface area contributed by atoms with Gasteiger partial charge in [-0.05, 0) is 42.0 Å². The van der Waals surface area contributed by atoms with E-state index in [0.29, 0.717) is 11.4 Å². The van der Waals surface area contributed by atoms with E-state index in [1.165, 1.54) is 19.2 Å². The van der Waals surface area contributed by atoms with Gasteiger partial charge in [-0.15, -0.1) is 0 Å². The van der Waals surface area contributed by atoms with Gasteiger partial charge in [0.15, 0.2) is 6.04 Å². The van der Waals surface area contributed by atoms with Gasteiger partial charge in [0.05, 0.1) is 14.2 Å². The van der Waals surface area contributed by atoms with Crippen LogP contribution in [0.5, 0.6) is 5.75 Å². The van der Waals surface area contributed by atoms with Crippen molar-refractivity contribution >= 4 is 11.7 Å². The van der Waals surface area contributed by atoms with Crippen LogP contribution in [-0.2, 0) is 9.53 Å². The molecule has 2 aromatic carbocycles. The van der Waals surface area contributed by atoms with Crippen molar-refractivity contribution in [1.82, 2.24) is 0 Å². The first-order valence-electron chi connectivity index (χ1n) is 6.38. The Labute approximate surface area is 122 Å². The molecule has 5 heteroatoms. The molecule has 2 aromatic rings. The number of benzene rings is 2. The molecule has 0 spiro atoms. The minimum atomic E-state index is -0.675. The van der Waals surface area contributed by atoms with Crippen LogP contribution in [0, 0.1) is 5.82 Å². The predicted octanol–water partition coefficient (Wildman–Crippen LogP) is 3.16. The minimum absolute atomic E-state index is 0.334. The monoisotopic (exact) mass is 289 g/mol. The fourth-order valence-electron chi connectivity index (χ4n) is 1.91. The Hall–Kier alpha value is -2.56. The van der Waals surface area contributed by atoms with Crippen LogP contribution in [0.25, 0.3) is 0 Å². The molecule has 0 aliphatic carbocycles. The molecule has 0 aliphatic heterocycles. The van der Waals surface area contributed by atoms with E-state index >= 15 is 0 Å². The zero-order valence-corrected chi connectivity index (χ0v) is 11.8. The number of esters is 1. The lowest BCUT2D eigenvalue weighted by molar-refractivity contribution is -0.141. The Morgan fingerprint density at radius 3 is 2.19 bits per heavy atom. The largest absolute Gasteiger partial charge is 0.497 e. The zero-order chi connectivity index (χ0) is 15.2. The SMILES string of the molecule is COC(=O)C(Nc1ccc(F)cc1)c1ccc(OC)cc1. The van der Waals surface area contributed by atoms with Gasteiger partial charge in [0, 0.05) is 5.69 Å². The van der Waals surface area contributed by atoms with Crippen molar-refractivity contribution in [3.63, 3.8) is 0 Å². The Bertz CT molecular complexity index is 596. The molecule has 1 atom stereocenters. The Morgan fingerprint density at radius 1 is 1.05 bits per heavy atom. The van der Waals surface area contributed by atoms with E-state index in [1.54, 1.807) is 43.5 Å². The quantitative estimate of drug-likeness (QED) is 0.859. The van der Waals surface area contributed by atoms with Crippen LogP contribution in [0.2, 0.25) is 0 Å². The molecular weight excluding hydrogens is 273 g/mol. The van der Waals surface area contributed by atoms with Crippen molar-refractivity contribution in [2.75, 3.05) is 19.5 Å². The first kappa shape index (κ1) is 14.8. The molecule has 21 heavy (non-hydrogen) atoms. The lowest BCUT2D eigenvalue weighted by atomic mass is 10.1. The summed E-state index contributed by atoms with van der Waals surface area (Å²) in [4.78, 5) is 11.9. The summed E-state index contributed by atoms with van der Waals surface area (Å²) in [6.45, 7) is 0. The first-order valence-corrected chi connectivity index (χ1v) is 6.38. The molecule has 0 radical (unpaired) electrons. The zero-order valence-electron chi connectivity index (χ0n) is 11.8. The van der Waals surface area contributed by atoms with Gasteiger partial charge in [-0.2, -0.15) is 0 Å². The van der Waals surface area contributed by atoms with E-state index in [0.717, 1.165) is 5.56 Å².